The van der Waals surface area contributed by atoms with Gasteiger partial charge in [0.2, 0.25) is 0 Å². The Balaban J connectivity index is 1.55. The first kappa shape index (κ1) is 18.4. The number of benzene rings is 2. The minimum Gasteiger partial charge on any atom is -0.467 e. The van der Waals surface area contributed by atoms with E-state index in [4.69, 9.17) is 4.42 Å². The fourth-order valence-electron chi connectivity index (χ4n) is 3.33. The molecule has 0 fully saturated rings. The van der Waals surface area contributed by atoms with Crippen molar-refractivity contribution in [2.45, 2.75) is 32.4 Å². The number of aryl methyl sites for hydroxylation is 1. The molecule has 0 aliphatic rings. The summed E-state index contributed by atoms with van der Waals surface area (Å²) < 4.78 is 6.55. The number of aromatic nitrogens is 1. The summed E-state index contributed by atoms with van der Waals surface area (Å²) in [6.07, 6.45) is 3.47. The second kappa shape index (κ2) is 8.40. The maximum absolute atomic E-state index is 13.4. The zero-order chi connectivity index (χ0) is 19.3. The molecule has 4 rings (SSSR count). The average Bonchev–Trinajstić information content (AvgIpc) is 3.41. The molecule has 0 saturated heterocycles. The first-order chi connectivity index (χ1) is 13.7. The summed E-state index contributed by atoms with van der Waals surface area (Å²) in [6.45, 7) is 2.57. The van der Waals surface area contributed by atoms with Gasteiger partial charge in [0, 0.05) is 11.6 Å². The van der Waals surface area contributed by atoms with Crippen molar-refractivity contribution in [1.82, 2.24) is 9.88 Å². The number of nitrogens with zero attached hydrogens (tertiary/aromatic N) is 2. The fourth-order valence-corrected chi connectivity index (χ4v) is 4.04. The second-order valence-electron chi connectivity index (χ2n) is 6.92. The number of thiazole rings is 1. The Hall–Kier alpha value is -2.92. The highest BCUT2D eigenvalue weighted by Crippen LogP contribution is 2.22. The van der Waals surface area contributed by atoms with Gasteiger partial charge in [-0.15, -0.1) is 11.3 Å². The van der Waals surface area contributed by atoms with Crippen LogP contribution in [-0.2, 0) is 13.0 Å². The van der Waals surface area contributed by atoms with Crippen LogP contribution in [0, 0.1) is 0 Å². The number of fused-ring (bicyclic) bond motifs is 1. The van der Waals surface area contributed by atoms with Gasteiger partial charge < -0.3 is 9.32 Å². The molecule has 4 aromatic rings. The van der Waals surface area contributed by atoms with Crippen molar-refractivity contribution < 1.29 is 9.21 Å². The molecule has 0 N–H and O–H groups in total. The first-order valence-electron chi connectivity index (χ1n) is 9.41. The molecule has 5 heteroatoms. The third kappa shape index (κ3) is 4.15. The largest absolute Gasteiger partial charge is 0.467 e. The van der Waals surface area contributed by atoms with Crippen LogP contribution in [-0.4, -0.2) is 21.8 Å². The quantitative estimate of drug-likeness (QED) is 0.415. The fraction of sp³-hybridized carbons (Fsp3) is 0.217. The van der Waals surface area contributed by atoms with Gasteiger partial charge in [-0.05, 0) is 55.7 Å². The summed E-state index contributed by atoms with van der Waals surface area (Å²) in [5, 5.41) is 0. The van der Waals surface area contributed by atoms with Gasteiger partial charge in [-0.25, -0.2) is 4.98 Å². The van der Waals surface area contributed by atoms with Gasteiger partial charge in [0.15, 0.2) is 0 Å². The molecule has 0 spiro atoms. The third-order valence-corrected chi connectivity index (χ3v) is 5.76. The number of rotatable bonds is 7. The summed E-state index contributed by atoms with van der Waals surface area (Å²) in [5.41, 5.74) is 4.71. The third-order valence-electron chi connectivity index (χ3n) is 4.97. The lowest BCUT2D eigenvalue weighted by molar-refractivity contribution is 0.0652. The van der Waals surface area contributed by atoms with Crippen molar-refractivity contribution in [2.24, 2.45) is 0 Å². The van der Waals surface area contributed by atoms with Crippen LogP contribution in [0.3, 0.4) is 0 Å². The van der Waals surface area contributed by atoms with E-state index in [1.165, 1.54) is 5.56 Å². The van der Waals surface area contributed by atoms with E-state index in [1.54, 1.807) is 17.6 Å². The maximum Gasteiger partial charge on any atom is 0.254 e. The highest BCUT2D eigenvalue weighted by atomic mass is 32.1. The van der Waals surface area contributed by atoms with Crippen LogP contribution in [0.15, 0.2) is 76.9 Å². The molecule has 1 amide bonds. The monoisotopic (exact) mass is 390 g/mol. The molecule has 2 heterocycles. The minimum absolute atomic E-state index is 0.0206. The van der Waals surface area contributed by atoms with Crippen molar-refractivity contribution in [3.8, 4) is 0 Å². The number of amides is 1. The predicted molar refractivity (Wildman–Crippen MR) is 112 cm³/mol. The summed E-state index contributed by atoms with van der Waals surface area (Å²) in [5.74, 6) is 0.811. The Morgan fingerprint density at radius 1 is 1.14 bits per heavy atom. The first-order valence-corrected chi connectivity index (χ1v) is 10.3. The van der Waals surface area contributed by atoms with Gasteiger partial charge in [-0.3, -0.25) is 4.79 Å². The van der Waals surface area contributed by atoms with Gasteiger partial charge in [-0.2, -0.15) is 0 Å². The molecule has 0 aliphatic heterocycles. The van der Waals surface area contributed by atoms with Crippen LogP contribution in [0.4, 0.5) is 0 Å². The Morgan fingerprint density at radius 3 is 2.79 bits per heavy atom. The van der Waals surface area contributed by atoms with Crippen molar-refractivity contribution in [3.05, 3.63) is 89.3 Å². The molecular weight excluding hydrogens is 368 g/mol. The van der Waals surface area contributed by atoms with E-state index in [9.17, 15) is 4.79 Å². The van der Waals surface area contributed by atoms with E-state index in [0.29, 0.717) is 12.1 Å². The van der Waals surface area contributed by atoms with Crippen molar-refractivity contribution in [1.29, 1.82) is 0 Å². The maximum atomic E-state index is 13.4. The molecule has 0 unspecified atom stereocenters. The predicted octanol–water partition coefficient (Wildman–Crippen LogP) is 5.55. The smallest absolute Gasteiger partial charge is 0.254 e. The second-order valence-corrected chi connectivity index (χ2v) is 7.81. The van der Waals surface area contributed by atoms with E-state index in [-0.39, 0.29) is 11.9 Å². The molecule has 28 heavy (non-hydrogen) atoms. The molecule has 142 valence electrons. The molecule has 4 nitrogen and oxygen atoms in total. The molecule has 2 aromatic carbocycles. The van der Waals surface area contributed by atoms with Gasteiger partial charge >= 0.3 is 0 Å². The SMILES string of the molecule is C[C@H](CCc1ccccc1)N(Cc1ccco1)C(=O)c1ccc2ncsc2c1. The van der Waals surface area contributed by atoms with Crippen LogP contribution < -0.4 is 0 Å². The number of furan rings is 1. The summed E-state index contributed by atoms with van der Waals surface area (Å²) >= 11 is 1.55. The van der Waals surface area contributed by atoms with Gasteiger partial charge in [0.25, 0.3) is 5.91 Å². The van der Waals surface area contributed by atoms with Crippen LogP contribution >= 0.6 is 11.3 Å². The number of hydrogen-bond acceptors (Lipinski definition) is 4. The molecule has 0 saturated carbocycles. The lowest BCUT2D eigenvalue weighted by atomic mass is 10.0. The lowest BCUT2D eigenvalue weighted by Crippen LogP contribution is -2.38. The van der Waals surface area contributed by atoms with E-state index >= 15 is 0 Å². The van der Waals surface area contributed by atoms with Gasteiger partial charge in [-0.1, -0.05) is 30.3 Å². The van der Waals surface area contributed by atoms with Crippen LogP contribution in [0.2, 0.25) is 0 Å². The molecule has 2 aromatic heterocycles. The van der Waals surface area contributed by atoms with E-state index in [1.807, 2.05) is 46.8 Å². The van der Waals surface area contributed by atoms with E-state index in [2.05, 4.69) is 36.2 Å². The van der Waals surface area contributed by atoms with E-state index < -0.39 is 0 Å². The summed E-state index contributed by atoms with van der Waals surface area (Å²) in [4.78, 5) is 19.6. The highest BCUT2D eigenvalue weighted by Gasteiger charge is 2.23. The molecule has 0 aliphatic carbocycles. The normalized spacial score (nSPS) is 12.2. The highest BCUT2D eigenvalue weighted by molar-refractivity contribution is 7.16. The van der Waals surface area contributed by atoms with Crippen molar-refractivity contribution >= 4 is 27.5 Å². The Labute approximate surface area is 168 Å². The van der Waals surface area contributed by atoms with Crippen LogP contribution in [0.5, 0.6) is 0 Å². The van der Waals surface area contributed by atoms with Gasteiger partial charge in [0.05, 0.1) is 28.5 Å². The van der Waals surface area contributed by atoms with Crippen molar-refractivity contribution in [2.75, 3.05) is 0 Å². The Bertz CT molecular complexity index is 1040. The number of hydrogen-bond donors (Lipinski definition) is 0. The van der Waals surface area contributed by atoms with E-state index in [0.717, 1.165) is 28.8 Å². The molecule has 1 atom stereocenters. The molecular formula is C23H22N2O2S. The number of carbonyl (C=O) groups excluding carboxylic acids is 1. The molecule has 0 radical (unpaired) electrons. The molecule has 0 bridgehead atoms. The Kier molecular flexibility index (Phi) is 5.53. The zero-order valence-corrected chi connectivity index (χ0v) is 16.6. The summed E-state index contributed by atoms with van der Waals surface area (Å²) in [6, 6.07) is 20.0. The topological polar surface area (TPSA) is 46.3 Å². The summed E-state index contributed by atoms with van der Waals surface area (Å²) in [7, 11) is 0. The lowest BCUT2D eigenvalue weighted by Gasteiger charge is -2.29. The Morgan fingerprint density at radius 2 is 2.00 bits per heavy atom. The average molecular weight is 391 g/mol. The minimum atomic E-state index is 0.0206. The van der Waals surface area contributed by atoms with Crippen LogP contribution in [0.25, 0.3) is 10.2 Å². The van der Waals surface area contributed by atoms with Gasteiger partial charge in [0.1, 0.15) is 5.76 Å². The standard InChI is InChI=1S/C23H22N2O2S/c1-17(9-10-18-6-3-2-4-7-18)25(15-20-8-5-13-27-20)23(26)19-11-12-21-22(14-19)28-16-24-21/h2-8,11-14,16-17H,9-10,15H2,1H3/t17-/m1/s1. The van der Waals surface area contributed by atoms with Crippen LogP contribution in [0.1, 0.15) is 35.0 Å². The van der Waals surface area contributed by atoms with Crippen molar-refractivity contribution in [3.63, 3.8) is 0 Å². The zero-order valence-electron chi connectivity index (χ0n) is 15.7. The number of carbonyl (C=O) groups is 1.